The van der Waals surface area contributed by atoms with E-state index >= 15 is 0 Å². The number of benzene rings is 2. The molecular formula is C21H25Cl2N3O2. The van der Waals surface area contributed by atoms with Crippen LogP contribution in [0.25, 0.3) is 0 Å². The van der Waals surface area contributed by atoms with Crippen molar-refractivity contribution in [2.45, 2.75) is 6.54 Å². The molecule has 2 heterocycles. The molecule has 2 aromatic rings. The van der Waals surface area contributed by atoms with E-state index in [0.29, 0.717) is 17.7 Å². The first kappa shape index (κ1) is 22.4. The molecule has 2 amide bonds. The zero-order valence-corrected chi connectivity index (χ0v) is 17.3. The highest BCUT2D eigenvalue weighted by Gasteiger charge is 2.35. The van der Waals surface area contributed by atoms with Gasteiger partial charge in [0.1, 0.15) is 0 Å². The zero-order valence-electron chi connectivity index (χ0n) is 15.6. The van der Waals surface area contributed by atoms with Crippen molar-refractivity contribution in [3.63, 3.8) is 0 Å². The van der Waals surface area contributed by atoms with Crippen molar-refractivity contribution in [3.05, 3.63) is 71.3 Å². The fraction of sp³-hybridized carbons (Fsp3) is 0.333. The standard InChI is InChI=1S/C21H23N3O2.2ClH/c25-20-18-8-4-5-9-19(18)21(26)24(20)15-14-22-10-12-23(13-11-22)16-17-6-2-1-3-7-17;;/h1-9H,10-16H2;2*1H. The Hall–Kier alpha value is -1.92. The summed E-state index contributed by atoms with van der Waals surface area (Å²) < 4.78 is 0. The maximum atomic E-state index is 12.4. The SMILES string of the molecule is Cl.Cl.O=C1c2ccccc2C(=O)N1CCN1CCN(Cc2ccccc2)CC1. The van der Waals surface area contributed by atoms with Crippen LogP contribution in [0.4, 0.5) is 0 Å². The summed E-state index contributed by atoms with van der Waals surface area (Å²) in [5.74, 6) is -0.318. The molecule has 0 spiro atoms. The number of fused-ring (bicyclic) bond motifs is 1. The number of rotatable bonds is 5. The van der Waals surface area contributed by atoms with E-state index in [1.165, 1.54) is 10.5 Å². The number of nitrogens with zero attached hydrogens (tertiary/aromatic N) is 3. The molecule has 1 fully saturated rings. The average molecular weight is 422 g/mol. The molecule has 150 valence electrons. The van der Waals surface area contributed by atoms with Crippen LogP contribution < -0.4 is 0 Å². The summed E-state index contributed by atoms with van der Waals surface area (Å²) in [6.07, 6.45) is 0. The van der Waals surface area contributed by atoms with Gasteiger partial charge in [-0.1, -0.05) is 42.5 Å². The molecule has 28 heavy (non-hydrogen) atoms. The lowest BCUT2D eigenvalue weighted by atomic mass is 10.1. The quantitative estimate of drug-likeness (QED) is 0.696. The third kappa shape index (κ3) is 4.73. The van der Waals surface area contributed by atoms with E-state index in [4.69, 9.17) is 0 Å². The number of hydrogen-bond acceptors (Lipinski definition) is 4. The Balaban J connectivity index is 0.00000140. The van der Waals surface area contributed by atoms with Crippen LogP contribution in [-0.2, 0) is 6.54 Å². The normalized spacial score (nSPS) is 17.1. The summed E-state index contributed by atoms with van der Waals surface area (Å²) in [5, 5.41) is 0. The monoisotopic (exact) mass is 421 g/mol. The molecule has 0 radical (unpaired) electrons. The highest BCUT2D eigenvalue weighted by molar-refractivity contribution is 6.21. The van der Waals surface area contributed by atoms with Gasteiger partial charge < -0.3 is 0 Å². The van der Waals surface area contributed by atoms with E-state index in [1.807, 2.05) is 6.07 Å². The minimum atomic E-state index is -0.159. The Morgan fingerprint density at radius 1 is 0.643 bits per heavy atom. The molecule has 4 rings (SSSR count). The molecule has 7 heteroatoms. The molecule has 0 unspecified atom stereocenters. The topological polar surface area (TPSA) is 43.9 Å². The van der Waals surface area contributed by atoms with Gasteiger partial charge in [-0.05, 0) is 17.7 Å². The highest BCUT2D eigenvalue weighted by atomic mass is 35.5. The second-order valence-electron chi connectivity index (χ2n) is 6.91. The van der Waals surface area contributed by atoms with E-state index in [1.54, 1.807) is 24.3 Å². The van der Waals surface area contributed by atoms with Crippen molar-refractivity contribution in [2.24, 2.45) is 0 Å². The number of halogens is 2. The van der Waals surface area contributed by atoms with Crippen LogP contribution >= 0.6 is 24.8 Å². The molecule has 2 aliphatic heterocycles. The van der Waals surface area contributed by atoms with Gasteiger partial charge in [0.05, 0.1) is 11.1 Å². The number of amides is 2. The van der Waals surface area contributed by atoms with E-state index < -0.39 is 0 Å². The van der Waals surface area contributed by atoms with Crippen molar-refractivity contribution in [3.8, 4) is 0 Å². The maximum Gasteiger partial charge on any atom is 0.261 e. The van der Waals surface area contributed by atoms with Gasteiger partial charge in [0.25, 0.3) is 11.8 Å². The van der Waals surface area contributed by atoms with Gasteiger partial charge >= 0.3 is 0 Å². The first-order valence-corrected chi connectivity index (χ1v) is 9.16. The summed E-state index contributed by atoms with van der Waals surface area (Å²) in [5.41, 5.74) is 2.40. The number of carbonyl (C=O) groups is 2. The van der Waals surface area contributed by atoms with E-state index in [-0.39, 0.29) is 36.6 Å². The maximum absolute atomic E-state index is 12.4. The molecule has 0 aromatic heterocycles. The van der Waals surface area contributed by atoms with Crippen LogP contribution in [0.2, 0.25) is 0 Å². The predicted molar refractivity (Wildman–Crippen MR) is 114 cm³/mol. The fourth-order valence-corrected chi connectivity index (χ4v) is 3.70. The van der Waals surface area contributed by atoms with Gasteiger partial charge in [-0.25, -0.2) is 0 Å². The molecule has 0 N–H and O–H groups in total. The van der Waals surface area contributed by atoms with E-state index in [9.17, 15) is 9.59 Å². The first-order valence-electron chi connectivity index (χ1n) is 9.16. The van der Waals surface area contributed by atoms with Crippen molar-refractivity contribution in [1.29, 1.82) is 0 Å². The first-order chi connectivity index (χ1) is 12.7. The van der Waals surface area contributed by atoms with Crippen molar-refractivity contribution >= 4 is 36.6 Å². The fourth-order valence-electron chi connectivity index (χ4n) is 3.70. The molecule has 5 nitrogen and oxygen atoms in total. The lowest BCUT2D eigenvalue weighted by molar-refractivity contribution is 0.0612. The number of carbonyl (C=O) groups excluding carboxylic acids is 2. The van der Waals surface area contributed by atoms with Crippen LogP contribution in [0.3, 0.4) is 0 Å². The van der Waals surface area contributed by atoms with Crippen LogP contribution in [0.1, 0.15) is 26.3 Å². The second kappa shape index (κ2) is 10.0. The molecule has 1 saturated heterocycles. The molecular weight excluding hydrogens is 397 g/mol. The smallest absolute Gasteiger partial charge is 0.261 e. The Labute approximate surface area is 178 Å². The van der Waals surface area contributed by atoms with Crippen LogP contribution in [-0.4, -0.2) is 65.8 Å². The predicted octanol–water partition coefficient (Wildman–Crippen LogP) is 2.94. The third-order valence-corrected chi connectivity index (χ3v) is 5.23. The largest absolute Gasteiger partial charge is 0.299 e. The van der Waals surface area contributed by atoms with Crippen LogP contribution in [0.15, 0.2) is 54.6 Å². The Bertz CT molecular complexity index is 773. The summed E-state index contributed by atoms with van der Waals surface area (Å²) in [6.45, 7) is 6.14. The molecule has 0 bridgehead atoms. The lowest BCUT2D eigenvalue weighted by Crippen LogP contribution is -2.48. The Morgan fingerprint density at radius 2 is 1.14 bits per heavy atom. The average Bonchev–Trinajstić information content (AvgIpc) is 2.93. The Morgan fingerprint density at radius 3 is 1.71 bits per heavy atom. The van der Waals surface area contributed by atoms with Crippen LogP contribution in [0.5, 0.6) is 0 Å². The number of piperazine rings is 1. The molecule has 0 aliphatic carbocycles. The summed E-state index contributed by atoms with van der Waals surface area (Å²) in [4.78, 5) is 31.0. The molecule has 2 aliphatic rings. The lowest BCUT2D eigenvalue weighted by Gasteiger charge is -2.35. The van der Waals surface area contributed by atoms with Gasteiger partial charge in [-0.15, -0.1) is 24.8 Å². The molecule has 0 atom stereocenters. The van der Waals surface area contributed by atoms with Gasteiger partial charge in [-0.2, -0.15) is 0 Å². The van der Waals surface area contributed by atoms with Crippen LogP contribution in [0, 0.1) is 0 Å². The summed E-state index contributed by atoms with van der Waals surface area (Å²) >= 11 is 0. The van der Waals surface area contributed by atoms with E-state index in [0.717, 1.165) is 39.3 Å². The zero-order chi connectivity index (χ0) is 17.9. The number of hydrogen-bond donors (Lipinski definition) is 0. The summed E-state index contributed by atoms with van der Waals surface area (Å²) in [6, 6.07) is 17.6. The van der Waals surface area contributed by atoms with Crippen molar-refractivity contribution < 1.29 is 9.59 Å². The van der Waals surface area contributed by atoms with Gasteiger partial charge in [0, 0.05) is 45.8 Å². The van der Waals surface area contributed by atoms with Gasteiger partial charge in [0.15, 0.2) is 0 Å². The number of imide groups is 1. The van der Waals surface area contributed by atoms with Crippen molar-refractivity contribution in [1.82, 2.24) is 14.7 Å². The minimum absolute atomic E-state index is 0. The highest BCUT2D eigenvalue weighted by Crippen LogP contribution is 2.22. The minimum Gasteiger partial charge on any atom is -0.299 e. The van der Waals surface area contributed by atoms with Gasteiger partial charge in [0.2, 0.25) is 0 Å². The van der Waals surface area contributed by atoms with Crippen molar-refractivity contribution in [2.75, 3.05) is 39.3 Å². The Kier molecular flexibility index (Phi) is 8.01. The van der Waals surface area contributed by atoms with Gasteiger partial charge in [-0.3, -0.25) is 24.3 Å². The molecule has 2 aromatic carbocycles. The second-order valence-corrected chi connectivity index (χ2v) is 6.91. The third-order valence-electron chi connectivity index (χ3n) is 5.23. The molecule has 0 saturated carbocycles. The van der Waals surface area contributed by atoms with E-state index in [2.05, 4.69) is 34.1 Å². The summed E-state index contributed by atoms with van der Waals surface area (Å²) in [7, 11) is 0.